The molecule has 6 heteroatoms. The Labute approximate surface area is 118 Å². The number of rotatable bonds is 4. The van der Waals surface area contributed by atoms with Crippen molar-refractivity contribution in [2.45, 2.75) is 45.6 Å². The number of nitro benzene ring substituents is 1. The summed E-state index contributed by atoms with van der Waals surface area (Å²) in [5.41, 5.74) is 5.67. The molecule has 0 radical (unpaired) electrons. The number of benzene rings is 1. The van der Waals surface area contributed by atoms with Gasteiger partial charge in [0.1, 0.15) is 11.3 Å². The Hall–Kier alpha value is -2.11. The van der Waals surface area contributed by atoms with E-state index in [0.29, 0.717) is 5.56 Å². The second kappa shape index (κ2) is 5.90. The molecule has 0 bridgehead atoms. The van der Waals surface area contributed by atoms with Crippen LogP contribution in [0.15, 0.2) is 18.2 Å². The molecule has 0 aliphatic rings. The minimum Gasteiger partial charge on any atom is -0.460 e. The highest BCUT2D eigenvalue weighted by atomic mass is 16.6. The van der Waals surface area contributed by atoms with Crippen LogP contribution in [0.3, 0.4) is 0 Å². The Morgan fingerprint density at radius 2 is 2.05 bits per heavy atom. The fraction of sp³-hybridized carbons (Fsp3) is 0.500. The molecule has 0 amide bonds. The molecule has 0 fully saturated rings. The summed E-state index contributed by atoms with van der Waals surface area (Å²) >= 11 is 0. The number of carbonyl (C=O) groups excluding carboxylic acids is 1. The number of nitro groups is 1. The molecule has 0 saturated heterocycles. The molecule has 1 rings (SSSR count). The monoisotopic (exact) mass is 280 g/mol. The van der Waals surface area contributed by atoms with E-state index in [2.05, 4.69) is 0 Å². The quantitative estimate of drug-likeness (QED) is 0.396. The lowest BCUT2D eigenvalue weighted by Gasteiger charge is -2.21. The highest BCUT2D eigenvalue weighted by Gasteiger charge is 2.21. The SMILES string of the molecule is CC(CC(=O)OC(C)(C)C)c1ccc(N)c([N+](=O)[O-])c1. The second-order valence-corrected chi connectivity index (χ2v) is 5.77. The maximum Gasteiger partial charge on any atom is 0.306 e. The Balaban J connectivity index is 2.83. The Morgan fingerprint density at radius 1 is 1.45 bits per heavy atom. The molecule has 1 aromatic rings. The van der Waals surface area contributed by atoms with Crippen LogP contribution < -0.4 is 5.73 Å². The van der Waals surface area contributed by atoms with Crippen LogP contribution in [0.5, 0.6) is 0 Å². The largest absolute Gasteiger partial charge is 0.460 e. The summed E-state index contributed by atoms with van der Waals surface area (Å²) < 4.78 is 5.23. The summed E-state index contributed by atoms with van der Waals surface area (Å²) in [6.45, 7) is 7.20. The fourth-order valence-electron chi connectivity index (χ4n) is 1.78. The van der Waals surface area contributed by atoms with Gasteiger partial charge in [0.05, 0.1) is 11.3 Å². The molecule has 2 N–H and O–H groups in total. The van der Waals surface area contributed by atoms with Crippen molar-refractivity contribution in [2.75, 3.05) is 5.73 Å². The molecule has 1 atom stereocenters. The van der Waals surface area contributed by atoms with Gasteiger partial charge in [-0.25, -0.2) is 0 Å². The van der Waals surface area contributed by atoms with Gasteiger partial charge in [-0.05, 0) is 38.3 Å². The van der Waals surface area contributed by atoms with Crippen molar-refractivity contribution in [3.63, 3.8) is 0 Å². The lowest BCUT2D eigenvalue weighted by molar-refractivity contribution is -0.384. The molecule has 6 nitrogen and oxygen atoms in total. The number of hydrogen-bond donors (Lipinski definition) is 1. The van der Waals surface area contributed by atoms with Gasteiger partial charge < -0.3 is 10.5 Å². The number of anilines is 1. The summed E-state index contributed by atoms with van der Waals surface area (Å²) in [7, 11) is 0. The fourth-order valence-corrected chi connectivity index (χ4v) is 1.78. The molecule has 0 aliphatic carbocycles. The molecule has 1 unspecified atom stereocenters. The third-order valence-electron chi connectivity index (χ3n) is 2.71. The molecule has 0 aromatic heterocycles. The molecule has 0 heterocycles. The van der Waals surface area contributed by atoms with Crippen molar-refractivity contribution in [2.24, 2.45) is 0 Å². The van der Waals surface area contributed by atoms with Crippen LogP contribution in [0.2, 0.25) is 0 Å². The van der Waals surface area contributed by atoms with Gasteiger partial charge in [-0.1, -0.05) is 13.0 Å². The topological polar surface area (TPSA) is 95.5 Å². The van der Waals surface area contributed by atoms with Crippen molar-refractivity contribution in [3.8, 4) is 0 Å². The summed E-state index contributed by atoms with van der Waals surface area (Å²) in [6.07, 6.45) is 0.165. The minimum atomic E-state index is -0.538. The Morgan fingerprint density at radius 3 is 2.55 bits per heavy atom. The zero-order valence-electron chi connectivity index (χ0n) is 12.2. The van der Waals surface area contributed by atoms with Gasteiger partial charge in [0.25, 0.3) is 5.69 Å². The van der Waals surface area contributed by atoms with E-state index in [4.69, 9.17) is 10.5 Å². The van der Waals surface area contributed by atoms with Crippen LogP contribution in [-0.4, -0.2) is 16.5 Å². The van der Waals surface area contributed by atoms with E-state index in [-0.39, 0.29) is 29.7 Å². The number of ether oxygens (including phenoxy) is 1. The van der Waals surface area contributed by atoms with Crippen molar-refractivity contribution >= 4 is 17.3 Å². The first-order chi connectivity index (χ1) is 9.10. The Bertz CT molecular complexity index is 520. The van der Waals surface area contributed by atoms with Crippen LogP contribution in [0.4, 0.5) is 11.4 Å². The van der Waals surface area contributed by atoms with Gasteiger partial charge in [0.2, 0.25) is 0 Å². The second-order valence-electron chi connectivity index (χ2n) is 5.77. The first-order valence-corrected chi connectivity index (χ1v) is 6.36. The summed E-state index contributed by atoms with van der Waals surface area (Å²) in [5.74, 6) is -0.506. The minimum absolute atomic E-state index is 0.114. The molecule has 0 spiro atoms. The number of hydrogen-bond acceptors (Lipinski definition) is 5. The van der Waals surface area contributed by atoms with Crippen LogP contribution >= 0.6 is 0 Å². The third kappa shape index (κ3) is 4.53. The predicted octanol–water partition coefficient (Wildman–Crippen LogP) is 3.01. The van der Waals surface area contributed by atoms with Crippen LogP contribution in [0.1, 0.15) is 45.6 Å². The van der Waals surface area contributed by atoms with Gasteiger partial charge in [0, 0.05) is 6.07 Å². The van der Waals surface area contributed by atoms with E-state index in [9.17, 15) is 14.9 Å². The molecule has 20 heavy (non-hydrogen) atoms. The van der Waals surface area contributed by atoms with Gasteiger partial charge in [-0.15, -0.1) is 0 Å². The highest BCUT2D eigenvalue weighted by Crippen LogP contribution is 2.28. The van der Waals surface area contributed by atoms with Crippen molar-refractivity contribution in [1.29, 1.82) is 0 Å². The van der Waals surface area contributed by atoms with Gasteiger partial charge in [-0.2, -0.15) is 0 Å². The van der Waals surface area contributed by atoms with Gasteiger partial charge in [-0.3, -0.25) is 14.9 Å². The molecule has 0 saturated carbocycles. The maximum absolute atomic E-state index is 11.7. The Kier molecular flexibility index (Phi) is 4.70. The maximum atomic E-state index is 11.7. The van der Waals surface area contributed by atoms with E-state index in [0.717, 1.165) is 0 Å². The first-order valence-electron chi connectivity index (χ1n) is 6.36. The normalized spacial score (nSPS) is 12.8. The zero-order valence-corrected chi connectivity index (χ0v) is 12.2. The zero-order chi connectivity index (χ0) is 15.5. The number of carbonyl (C=O) groups is 1. The first kappa shape index (κ1) is 15.9. The molecular formula is C14H20N2O4. The number of esters is 1. The van der Waals surface area contributed by atoms with Crippen LogP contribution in [0.25, 0.3) is 0 Å². The highest BCUT2D eigenvalue weighted by molar-refractivity contribution is 5.71. The van der Waals surface area contributed by atoms with E-state index in [1.807, 2.05) is 6.92 Å². The third-order valence-corrected chi connectivity index (χ3v) is 2.71. The number of nitrogen functional groups attached to an aromatic ring is 1. The summed E-state index contributed by atoms with van der Waals surface area (Å²) in [6, 6.07) is 4.58. The molecular weight excluding hydrogens is 260 g/mol. The van der Waals surface area contributed by atoms with Gasteiger partial charge >= 0.3 is 5.97 Å². The average Bonchev–Trinajstić information content (AvgIpc) is 2.26. The van der Waals surface area contributed by atoms with Gasteiger partial charge in [0.15, 0.2) is 0 Å². The standard InChI is InChI=1S/C14H20N2O4/c1-9(7-13(17)20-14(2,3)4)10-5-6-11(15)12(8-10)16(18)19/h5-6,8-9H,7,15H2,1-4H3. The van der Waals surface area contributed by atoms with Crippen molar-refractivity contribution < 1.29 is 14.5 Å². The molecule has 110 valence electrons. The van der Waals surface area contributed by atoms with Crippen molar-refractivity contribution in [1.82, 2.24) is 0 Å². The van der Waals surface area contributed by atoms with Crippen LogP contribution in [-0.2, 0) is 9.53 Å². The lowest BCUT2D eigenvalue weighted by atomic mass is 9.97. The number of nitrogens with zero attached hydrogens (tertiary/aromatic N) is 1. The lowest BCUT2D eigenvalue weighted by Crippen LogP contribution is -2.24. The number of nitrogens with two attached hydrogens (primary N) is 1. The predicted molar refractivity (Wildman–Crippen MR) is 76.4 cm³/mol. The van der Waals surface area contributed by atoms with E-state index >= 15 is 0 Å². The van der Waals surface area contributed by atoms with E-state index in [1.54, 1.807) is 26.8 Å². The average molecular weight is 280 g/mol. The molecule has 1 aromatic carbocycles. The smallest absolute Gasteiger partial charge is 0.306 e. The van der Waals surface area contributed by atoms with E-state index in [1.165, 1.54) is 12.1 Å². The summed E-state index contributed by atoms with van der Waals surface area (Å²) in [4.78, 5) is 22.1. The molecule has 0 aliphatic heterocycles. The van der Waals surface area contributed by atoms with Crippen LogP contribution in [0, 0.1) is 10.1 Å². The van der Waals surface area contributed by atoms with E-state index < -0.39 is 10.5 Å². The summed E-state index contributed by atoms with van der Waals surface area (Å²) in [5, 5.41) is 10.8. The van der Waals surface area contributed by atoms with Crippen molar-refractivity contribution in [3.05, 3.63) is 33.9 Å².